The maximum Gasteiger partial charge on any atom is 0.407 e. The normalized spacial score (nSPS) is 13.8. The molecule has 0 bridgehead atoms. The number of carbonyl (C=O) groups excluding carboxylic acids is 1. The van der Waals surface area contributed by atoms with Crippen LogP contribution in [0.5, 0.6) is 0 Å². The Morgan fingerprint density at radius 3 is 2.00 bits per heavy atom. The van der Waals surface area contributed by atoms with Gasteiger partial charge in [0, 0.05) is 6.54 Å². The first-order valence-corrected chi connectivity index (χ1v) is 8.58. The summed E-state index contributed by atoms with van der Waals surface area (Å²) in [6.07, 6.45) is 9.21. The molecule has 0 spiro atoms. The average molecular weight is 285 g/mol. The van der Waals surface area contributed by atoms with E-state index >= 15 is 0 Å². The van der Waals surface area contributed by atoms with E-state index in [1.54, 1.807) is 0 Å². The molecule has 0 aliphatic rings. The van der Waals surface area contributed by atoms with E-state index in [1.165, 1.54) is 32.1 Å². The van der Waals surface area contributed by atoms with E-state index in [-0.39, 0.29) is 6.09 Å². The summed E-state index contributed by atoms with van der Waals surface area (Å²) in [5.41, 5.74) is 0. The number of rotatable bonds is 12. The molecule has 0 rings (SSSR count). The van der Waals surface area contributed by atoms with Gasteiger partial charge in [0.1, 0.15) is 0 Å². The molecule has 3 nitrogen and oxygen atoms in total. The van der Waals surface area contributed by atoms with Crippen molar-refractivity contribution in [3.8, 4) is 0 Å². The van der Waals surface area contributed by atoms with Crippen LogP contribution in [0.2, 0.25) is 0 Å². The molecule has 0 aromatic carbocycles. The van der Waals surface area contributed by atoms with Crippen LogP contribution in [0.3, 0.4) is 0 Å². The van der Waals surface area contributed by atoms with E-state index in [4.69, 9.17) is 4.74 Å². The fraction of sp³-hybridized carbons (Fsp3) is 0.941. The molecule has 2 unspecified atom stereocenters. The van der Waals surface area contributed by atoms with Gasteiger partial charge in [0.05, 0.1) is 6.61 Å². The molecule has 120 valence electrons. The van der Waals surface area contributed by atoms with Crippen LogP contribution in [0.4, 0.5) is 4.79 Å². The van der Waals surface area contributed by atoms with Gasteiger partial charge in [-0.2, -0.15) is 0 Å². The van der Waals surface area contributed by atoms with Crippen molar-refractivity contribution >= 4 is 6.09 Å². The third kappa shape index (κ3) is 10.1. The molecular weight excluding hydrogens is 250 g/mol. The molecular formula is C17H35NO2. The number of hydrogen-bond donors (Lipinski definition) is 1. The maximum absolute atomic E-state index is 11.7. The van der Waals surface area contributed by atoms with Crippen molar-refractivity contribution in [1.29, 1.82) is 0 Å². The SMILES string of the molecule is CCCCC(CC)CNC(=O)OCC(CC)CCCC. The van der Waals surface area contributed by atoms with Gasteiger partial charge in [-0.1, -0.05) is 66.2 Å². The topological polar surface area (TPSA) is 38.3 Å². The van der Waals surface area contributed by atoms with Crippen LogP contribution in [-0.4, -0.2) is 19.2 Å². The van der Waals surface area contributed by atoms with Crippen LogP contribution in [0.15, 0.2) is 0 Å². The molecule has 0 radical (unpaired) electrons. The highest BCUT2D eigenvalue weighted by atomic mass is 16.5. The smallest absolute Gasteiger partial charge is 0.407 e. The minimum absolute atomic E-state index is 0.241. The molecule has 1 N–H and O–H groups in total. The third-order valence-electron chi connectivity index (χ3n) is 4.07. The zero-order valence-electron chi connectivity index (χ0n) is 14.0. The first kappa shape index (κ1) is 19.3. The van der Waals surface area contributed by atoms with Crippen LogP contribution in [0, 0.1) is 11.8 Å². The number of unbranched alkanes of at least 4 members (excludes halogenated alkanes) is 2. The Morgan fingerprint density at radius 1 is 0.950 bits per heavy atom. The lowest BCUT2D eigenvalue weighted by Gasteiger charge is -2.17. The Hall–Kier alpha value is -0.730. The highest BCUT2D eigenvalue weighted by Crippen LogP contribution is 2.13. The lowest BCUT2D eigenvalue weighted by molar-refractivity contribution is 0.121. The fourth-order valence-electron chi connectivity index (χ4n) is 2.31. The number of nitrogens with one attached hydrogen (secondary N) is 1. The van der Waals surface area contributed by atoms with Crippen molar-refractivity contribution in [1.82, 2.24) is 5.32 Å². The standard InChI is InChI=1S/C17H35NO2/c1-5-9-11-15(7-3)13-18-17(19)20-14-16(8-4)12-10-6-2/h15-16H,5-14H2,1-4H3,(H,18,19). The summed E-state index contributed by atoms with van der Waals surface area (Å²) >= 11 is 0. The first-order valence-electron chi connectivity index (χ1n) is 8.58. The van der Waals surface area contributed by atoms with Crippen molar-refractivity contribution in [2.24, 2.45) is 11.8 Å². The number of alkyl carbamates (subject to hydrolysis) is 1. The van der Waals surface area contributed by atoms with Gasteiger partial charge in [-0.05, 0) is 24.7 Å². The molecule has 0 saturated heterocycles. The van der Waals surface area contributed by atoms with E-state index in [0.717, 1.165) is 25.8 Å². The van der Waals surface area contributed by atoms with Gasteiger partial charge in [0.2, 0.25) is 0 Å². The van der Waals surface area contributed by atoms with Gasteiger partial charge in [0.15, 0.2) is 0 Å². The van der Waals surface area contributed by atoms with Gasteiger partial charge >= 0.3 is 6.09 Å². The Bertz CT molecular complexity index is 209. The van der Waals surface area contributed by atoms with Crippen molar-refractivity contribution in [2.45, 2.75) is 79.1 Å². The van der Waals surface area contributed by atoms with Crippen molar-refractivity contribution in [3.63, 3.8) is 0 Å². The van der Waals surface area contributed by atoms with Gasteiger partial charge in [-0.25, -0.2) is 4.79 Å². The minimum atomic E-state index is -0.241. The lowest BCUT2D eigenvalue weighted by Crippen LogP contribution is -2.31. The number of hydrogen-bond acceptors (Lipinski definition) is 2. The molecule has 0 saturated carbocycles. The summed E-state index contributed by atoms with van der Waals surface area (Å²) in [5.74, 6) is 1.10. The predicted molar refractivity (Wildman–Crippen MR) is 86.0 cm³/mol. The highest BCUT2D eigenvalue weighted by molar-refractivity contribution is 5.67. The number of amides is 1. The van der Waals surface area contributed by atoms with E-state index < -0.39 is 0 Å². The summed E-state index contributed by atoms with van der Waals surface area (Å²) in [6.45, 7) is 10.1. The summed E-state index contributed by atoms with van der Waals surface area (Å²) in [4.78, 5) is 11.7. The van der Waals surface area contributed by atoms with Crippen LogP contribution < -0.4 is 5.32 Å². The Kier molecular flexibility index (Phi) is 12.8. The molecule has 0 aliphatic heterocycles. The summed E-state index contributed by atoms with van der Waals surface area (Å²) in [5, 5.41) is 2.92. The quantitative estimate of drug-likeness (QED) is 0.539. The molecule has 1 amide bonds. The third-order valence-corrected chi connectivity index (χ3v) is 4.07. The summed E-state index contributed by atoms with van der Waals surface area (Å²) < 4.78 is 5.34. The van der Waals surface area contributed by atoms with Gasteiger partial charge in [0.25, 0.3) is 0 Å². The number of ether oxygens (including phenoxy) is 1. The number of carbonyl (C=O) groups is 1. The van der Waals surface area contributed by atoms with Gasteiger partial charge in [-0.3, -0.25) is 0 Å². The maximum atomic E-state index is 11.7. The Morgan fingerprint density at radius 2 is 1.50 bits per heavy atom. The molecule has 0 aromatic heterocycles. The Balaban J connectivity index is 3.80. The Labute approximate surface area is 125 Å². The van der Waals surface area contributed by atoms with Crippen LogP contribution in [-0.2, 0) is 4.74 Å². The van der Waals surface area contributed by atoms with Crippen molar-refractivity contribution < 1.29 is 9.53 Å². The van der Waals surface area contributed by atoms with Crippen molar-refractivity contribution in [3.05, 3.63) is 0 Å². The van der Waals surface area contributed by atoms with E-state index in [9.17, 15) is 4.79 Å². The van der Waals surface area contributed by atoms with Gasteiger partial charge < -0.3 is 10.1 Å². The zero-order valence-corrected chi connectivity index (χ0v) is 14.0. The van der Waals surface area contributed by atoms with Crippen LogP contribution >= 0.6 is 0 Å². The van der Waals surface area contributed by atoms with E-state index in [1.807, 2.05) is 0 Å². The minimum Gasteiger partial charge on any atom is -0.449 e. The second-order valence-corrected chi connectivity index (χ2v) is 5.81. The molecule has 0 aromatic rings. The molecule has 0 fully saturated rings. The predicted octanol–water partition coefficient (Wildman–Crippen LogP) is 5.15. The zero-order chi connectivity index (χ0) is 15.2. The summed E-state index contributed by atoms with van der Waals surface area (Å²) in [6, 6.07) is 0. The molecule has 2 atom stereocenters. The average Bonchev–Trinajstić information content (AvgIpc) is 2.47. The second kappa shape index (κ2) is 13.3. The largest absolute Gasteiger partial charge is 0.449 e. The van der Waals surface area contributed by atoms with Crippen LogP contribution in [0.25, 0.3) is 0 Å². The summed E-state index contributed by atoms with van der Waals surface area (Å²) in [7, 11) is 0. The molecule has 3 heteroatoms. The first-order chi connectivity index (χ1) is 9.67. The molecule has 20 heavy (non-hydrogen) atoms. The lowest BCUT2D eigenvalue weighted by atomic mass is 9.99. The molecule has 0 aliphatic carbocycles. The molecule has 0 heterocycles. The van der Waals surface area contributed by atoms with Crippen LogP contribution in [0.1, 0.15) is 79.1 Å². The monoisotopic (exact) mass is 285 g/mol. The highest BCUT2D eigenvalue weighted by Gasteiger charge is 2.11. The van der Waals surface area contributed by atoms with Gasteiger partial charge in [-0.15, -0.1) is 0 Å². The van der Waals surface area contributed by atoms with E-state index in [0.29, 0.717) is 18.4 Å². The second-order valence-electron chi connectivity index (χ2n) is 5.81. The fourth-order valence-corrected chi connectivity index (χ4v) is 2.31. The van der Waals surface area contributed by atoms with E-state index in [2.05, 4.69) is 33.0 Å². The van der Waals surface area contributed by atoms with Crippen molar-refractivity contribution in [2.75, 3.05) is 13.2 Å².